The Hall–Kier alpha value is -3.73. The molecule has 11 heteroatoms. The summed E-state index contributed by atoms with van der Waals surface area (Å²) in [4.78, 5) is 26.6. The van der Waals surface area contributed by atoms with Crippen LogP contribution in [0.3, 0.4) is 0 Å². The smallest absolute Gasteiger partial charge is 0.319 e. The first kappa shape index (κ1) is 20.5. The van der Waals surface area contributed by atoms with E-state index in [4.69, 9.17) is 0 Å². The van der Waals surface area contributed by atoms with Crippen molar-refractivity contribution in [2.24, 2.45) is 0 Å². The number of carbonyl (C=O) groups excluding carboxylic acids is 1. The van der Waals surface area contributed by atoms with Gasteiger partial charge in [0.25, 0.3) is 10.0 Å². The molecule has 1 saturated heterocycles. The van der Waals surface area contributed by atoms with Crippen LogP contribution < -0.4 is 20.3 Å². The second kappa shape index (κ2) is 8.96. The van der Waals surface area contributed by atoms with Crippen molar-refractivity contribution in [3.8, 4) is 0 Å². The number of benzene rings is 1. The predicted molar refractivity (Wildman–Crippen MR) is 116 cm³/mol. The van der Waals surface area contributed by atoms with Gasteiger partial charge < -0.3 is 15.5 Å². The highest BCUT2D eigenvalue weighted by molar-refractivity contribution is 7.92. The second-order valence-corrected chi connectivity index (χ2v) is 8.61. The molecule has 0 bridgehead atoms. The molecular weight excluding hydrogens is 418 g/mol. The largest absolute Gasteiger partial charge is 0.354 e. The van der Waals surface area contributed by atoms with Gasteiger partial charge in [0.05, 0.1) is 4.90 Å². The maximum Gasteiger partial charge on any atom is 0.319 e. The van der Waals surface area contributed by atoms with Crippen molar-refractivity contribution in [1.29, 1.82) is 0 Å². The highest BCUT2D eigenvalue weighted by Crippen LogP contribution is 2.19. The van der Waals surface area contributed by atoms with E-state index in [0.717, 1.165) is 18.8 Å². The van der Waals surface area contributed by atoms with Gasteiger partial charge in [0.1, 0.15) is 5.82 Å². The van der Waals surface area contributed by atoms with Crippen molar-refractivity contribution in [3.63, 3.8) is 0 Å². The van der Waals surface area contributed by atoms with Gasteiger partial charge in [0.2, 0.25) is 5.95 Å². The summed E-state index contributed by atoms with van der Waals surface area (Å²) in [6.45, 7) is 1.45. The molecule has 1 aliphatic rings. The number of pyridine rings is 1. The lowest BCUT2D eigenvalue weighted by Gasteiger charge is -2.18. The minimum absolute atomic E-state index is 0.0139. The first-order valence-corrected chi connectivity index (χ1v) is 11.1. The molecule has 2 amide bonds. The van der Waals surface area contributed by atoms with Crippen LogP contribution in [0.15, 0.2) is 72.0 Å². The molecule has 31 heavy (non-hydrogen) atoms. The van der Waals surface area contributed by atoms with Crippen LogP contribution in [-0.4, -0.2) is 48.5 Å². The Kier molecular flexibility index (Phi) is 5.94. The van der Waals surface area contributed by atoms with E-state index in [9.17, 15) is 13.2 Å². The lowest BCUT2D eigenvalue weighted by Crippen LogP contribution is -2.39. The molecule has 3 heterocycles. The van der Waals surface area contributed by atoms with E-state index in [0.29, 0.717) is 12.2 Å². The van der Waals surface area contributed by atoms with E-state index in [1.807, 2.05) is 18.2 Å². The fourth-order valence-electron chi connectivity index (χ4n) is 3.25. The Bertz CT molecular complexity index is 1140. The zero-order valence-corrected chi connectivity index (χ0v) is 17.3. The Morgan fingerprint density at radius 3 is 2.58 bits per heavy atom. The summed E-state index contributed by atoms with van der Waals surface area (Å²) in [5.41, 5.74) is 0.355. The molecule has 2 aromatic heterocycles. The number of urea groups is 1. The first-order chi connectivity index (χ1) is 15.0. The van der Waals surface area contributed by atoms with Crippen LogP contribution in [0.4, 0.5) is 22.2 Å². The van der Waals surface area contributed by atoms with Crippen LogP contribution in [0.2, 0.25) is 0 Å². The molecule has 0 aliphatic carbocycles. The highest BCUT2D eigenvalue weighted by atomic mass is 32.2. The lowest BCUT2D eigenvalue weighted by molar-refractivity contribution is 0.249. The number of hydrogen-bond acceptors (Lipinski definition) is 7. The van der Waals surface area contributed by atoms with E-state index >= 15 is 0 Å². The summed E-state index contributed by atoms with van der Waals surface area (Å²) in [5, 5.41) is 5.61. The molecule has 1 aromatic carbocycles. The Morgan fingerprint density at radius 1 is 1.00 bits per heavy atom. The second-order valence-electron chi connectivity index (χ2n) is 6.92. The van der Waals surface area contributed by atoms with E-state index < -0.39 is 16.1 Å². The number of sulfonamides is 1. The molecular formula is C20H21N7O3S. The van der Waals surface area contributed by atoms with Crippen LogP contribution in [-0.2, 0) is 10.0 Å². The van der Waals surface area contributed by atoms with Crippen molar-refractivity contribution < 1.29 is 13.2 Å². The van der Waals surface area contributed by atoms with Gasteiger partial charge >= 0.3 is 6.03 Å². The monoisotopic (exact) mass is 439 g/mol. The molecule has 0 saturated carbocycles. The normalized spacial score (nSPS) is 16.0. The third-order valence-corrected chi connectivity index (χ3v) is 6.02. The average molecular weight is 440 g/mol. The van der Waals surface area contributed by atoms with Crippen molar-refractivity contribution in [3.05, 3.63) is 67.1 Å². The quantitative estimate of drug-likeness (QED) is 0.536. The number of nitrogens with zero attached hydrogens (tertiary/aromatic N) is 4. The lowest BCUT2D eigenvalue weighted by atomic mass is 10.3. The number of rotatable bonds is 6. The third-order valence-electron chi connectivity index (χ3n) is 4.69. The molecule has 1 aliphatic heterocycles. The predicted octanol–water partition coefficient (Wildman–Crippen LogP) is 2.07. The molecule has 1 fully saturated rings. The molecule has 10 nitrogen and oxygen atoms in total. The SMILES string of the molecule is O=C(Nc1cccc(S(=O)(=O)Nc2ncccn2)c1)NC1CCN(c2ccccn2)C1. The van der Waals surface area contributed by atoms with Gasteiger partial charge in [0.15, 0.2) is 0 Å². The molecule has 1 unspecified atom stereocenters. The zero-order valence-electron chi connectivity index (χ0n) is 16.5. The molecule has 160 valence electrons. The molecule has 0 spiro atoms. The summed E-state index contributed by atoms with van der Waals surface area (Å²) in [7, 11) is -3.89. The van der Waals surface area contributed by atoms with E-state index in [-0.39, 0.29) is 16.9 Å². The highest BCUT2D eigenvalue weighted by Gasteiger charge is 2.25. The number of aromatic nitrogens is 3. The van der Waals surface area contributed by atoms with Crippen molar-refractivity contribution >= 4 is 33.5 Å². The van der Waals surface area contributed by atoms with Crippen molar-refractivity contribution in [1.82, 2.24) is 20.3 Å². The van der Waals surface area contributed by atoms with Gasteiger partial charge in [-0.1, -0.05) is 12.1 Å². The van der Waals surface area contributed by atoms with E-state index in [1.165, 1.54) is 24.5 Å². The van der Waals surface area contributed by atoms with Gasteiger partial charge in [-0.2, -0.15) is 0 Å². The molecule has 4 rings (SSSR count). The van der Waals surface area contributed by atoms with Crippen LogP contribution in [0, 0.1) is 0 Å². The fourth-order valence-corrected chi connectivity index (χ4v) is 4.25. The summed E-state index contributed by atoms with van der Waals surface area (Å²) in [5.74, 6) is 0.845. The Labute approximate surface area is 179 Å². The number of anilines is 3. The Morgan fingerprint density at radius 2 is 1.81 bits per heavy atom. The van der Waals surface area contributed by atoms with E-state index in [1.54, 1.807) is 24.4 Å². The molecule has 0 radical (unpaired) electrons. The number of nitrogens with one attached hydrogen (secondary N) is 3. The fraction of sp³-hybridized carbons (Fsp3) is 0.200. The minimum Gasteiger partial charge on any atom is -0.354 e. The number of amides is 2. The summed E-state index contributed by atoms with van der Waals surface area (Å²) in [6, 6.07) is 12.8. The van der Waals surface area contributed by atoms with Gasteiger partial charge in [0, 0.05) is 43.4 Å². The average Bonchev–Trinajstić information content (AvgIpc) is 3.23. The maximum absolute atomic E-state index is 12.6. The first-order valence-electron chi connectivity index (χ1n) is 9.63. The van der Waals surface area contributed by atoms with E-state index in [2.05, 4.69) is 35.2 Å². The van der Waals surface area contributed by atoms with Gasteiger partial charge in [-0.3, -0.25) is 0 Å². The third kappa shape index (κ3) is 5.25. The van der Waals surface area contributed by atoms with Gasteiger partial charge in [-0.25, -0.2) is 32.9 Å². The molecule has 3 N–H and O–H groups in total. The summed E-state index contributed by atoms with van der Waals surface area (Å²) in [6.07, 6.45) is 5.40. The van der Waals surface area contributed by atoms with Crippen LogP contribution in [0.25, 0.3) is 0 Å². The number of hydrogen-bond donors (Lipinski definition) is 3. The van der Waals surface area contributed by atoms with Crippen molar-refractivity contribution in [2.45, 2.75) is 17.4 Å². The minimum atomic E-state index is -3.89. The summed E-state index contributed by atoms with van der Waals surface area (Å²) < 4.78 is 27.4. The number of carbonyl (C=O) groups is 1. The topological polar surface area (TPSA) is 129 Å². The van der Waals surface area contributed by atoms with Crippen LogP contribution >= 0.6 is 0 Å². The van der Waals surface area contributed by atoms with Crippen molar-refractivity contribution in [2.75, 3.05) is 28.0 Å². The standard InChI is InChI=1S/C20H21N7O3S/c28-20(25-16-8-12-27(14-16)18-7-1-2-9-21-18)24-15-5-3-6-17(13-15)31(29,30)26-19-22-10-4-11-23-19/h1-7,9-11,13,16H,8,12,14H2,(H,22,23,26)(H2,24,25,28). The van der Waals surface area contributed by atoms with Gasteiger partial charge in [-0.15, -0.1) is 0 Å². The molecule has 3 aromatic rings. The van der Waals surface area contributed by atoms with Gasteiger partial charge in [-0.05, 0) is 42.8 Å². The van der Waals surface area contributed by atoms with Crippen LogP contribution in [0.1, 0.15) is 6.42 Å². The molecule has 1 atom stereocenters. The van der Waals surface area contributed by atoms with Crippen LogP contribution in [0.5, 0.6) is 0 Å². The zero-order chi connectivity index (χ0) is 21.7. The summed E-state index contributed by atoms with van der Waals surface area (Å²) >= 11 is 0. The Balaban J connectivity index is 1.36. The maximum atomic E-state index is 12.6.